The molecule has 0 aromatic heterocycles. The van der Waals surface area contributed by atoms with Gasteiger partial charge in [-0.15, -0.1) is 0 Å². The van der Waals surface area contributed by atoms with Crippen LogP contribution in [0.1, 0.15) is 59.3 Å². The molecule has 1 heterocycles. The summed E-state index contributed by atoms with van der Waals surface area (Å²) in [5, 5.41) is 9.44. The number of rotatable bonds is 6. The van der Waals surface area contributed by atoms with Crippen molar-refractivity contribution in [3.05, 3.63) is 0 Å². The minimum Gasteiger partial charge on any atom is -0.481 e. The van der Waals surface area contributed by atoms with E-state index >= 15 is 0 Å². The van der Waals surface area contributed by atoms with Crippen molar-refractivity contribution in [3.8, 4) is 0 Å². The number of hydrogen-bond acceptors (Lipinski definition) is 2. The van der Waals surface area contributed by atoms with E-state index in [4.69, 9.17) is 0 Å². The van der Waals surface area contributed by atoms with Crippen LogP contribution in [0.4, 0.5) is 0 Å². The molecule has 0 bridgehead atoms. The molecule has 1 N–H and O–H groups in total. The highest BCUT2D eigenvalue weighted by atomic mass is 16.4. The van der Waals surface area contributed by atoms with Gasteiger partial charge in [-0.05, 0) is 51.6 Å². The molecule has 3 nitrogen and oxygen atoms in total. The van der Waals surface area contributed by atoms with Crippen molar-refractivity contribution < 1.29 is 9.90 Å². The summed E-state index contributed by atoms with van der Waals surface area (Å²) in [5.74, 6) is 0.206. The van der Waals surface area contributed by atoms with Crippen LogP contribution in [-0.2, 0) is 4.79 Å². The average Bonchev–Trinajstić information content (AvgIpc) is 2.54. The number of carbonyl (C=O) groups is 1. The molecule has 3 heteroatoms. The maximum Gasteiger partial charge on any atom is 0.310 e. The molecule has 0 aliphatic carbocycles. The highest BCUT2D eigenvalue weighted by Gasteiger charge is 2.34. The molecule has 0 spiro atoms. The second kappa shape index (κ2) is 7.13. The SMILES string of the molecule is CCCC(C)(CN1CCCC(CC)CC1)C(=O)O. The number of likely N-dealkylation sites (tertiary alicyclic amines) is 1. The number of nitrogens with zero attached hydrogens (tertiary/aromatic N) is 1. The van der Waals surface area contributed by atoms with Crippen LogP contribution < -0.4 is 0 Å². The third-order valence-electron chi connectivity index (χ3n) is 4.41. The molecule has 1 aliphatic heterocycles. The molecule has 1 fully saturated rings. The Morgan fingerprint density at radius 1 is 1.33 bits per heavy atom. The molecule has 0 aromatic carbocycles. The van der Waals surface area contributed by atoms with Crippen molar-refractivity contribution in [2.45, 2.75) is 59.3 Å². The van der Waals surface area contributed by atoms with Gasteiger partial charge in [-0.25, -0.2) is 0 Å². The number of aliphatic carboxylic acids is 1. The van der Waals surface area contributed by atoms with Crippen molar-refractivity contribution in [1.29, 1.82) is 0 Å². The van der Waals surface area contributed by atoms with E-state index in [1.807, 2.05) is 6.92 Å². The molecule has 0 radical (unpaired) electrons. The number of carboxylic acids is 1. The molecule has 1 aliphatic rings. The number of carboxylic acid groups (broad SMARTS) is 1. The Morgan fingerprint density at radius 2 is 2.06 bits per heavy atom. The first-order valence-electron chi connectivity index (χ1n) is 7.47. The van der Waals surface area contributed by atoms with E-state index in [1.165, 1.54) is 25.7 Å². The summed E-state index contributed by atoms with van der Waals surface area (Å²) >= 11 is 0. The van der Waals surface area contributed by atoms with E-state index in [0.29, 0.717) is 6.54 Å². The fraction of sp³-hybridized carbons (Fsp3) is 0.933. The second-order valence-electron chi connectivity index (χ2n) is 6.10. The standard InChI is InChI=1S/C15H29NO2/c1-4-9-15(3,14(17)18)12-16-10-6-7-13(5-2)8-11-16/h13H,4-12H2,1-3H3,(H,17,18). The van der Waals surface area contributed by atoms with Gasteiger partial charge in [-0.2, -0.15) is 0 Å². The van der Waals surface area contributed by atoms with E-state index in [2.05, 4.69) is 18.7 Å². The van der Waals surface area contributed by atoms with Gasteiger partial charge in [0, 0.05) is 6.54 Å². The minimum absolute atomic E-state index is 0.569. The zero-order valence-corrected chi connectivity index (χ0v) is 12.2. The molecular formula is C15H29NO2. The monoisotopic (exact) mass is 255 g/mol. The van der Waals surface area contributed by atoms with Gasteiger partial charge in [0.15, 0.2) is 0 Å². The summed E-state index contributed by atoms with van der Waals surface area (Å²) in [6, 6.07) is 0. The molecule has 0 saturated carbocycles. The fourth-order valence-corrected chi connectivity index (χ4v) is 3.09. The Bertz CT molecular complexity index is 267. The third-order valence-corrected chi connectivity index (χ3v) is 4.41. The van der Waals surface area contributed by atoms with E-state index in [1.54, 1.807) is 0 Å². The second-order valence-corrected chi connectivity index (χ2v) is 6.10. The molecule has 2 unspecified atom stereocenters. The van der Waals surface area contributed by atoms with Gasteiger partial charge in [-0.1, -0.05) is 26.7 Å². The van der Waals surface area contributed by atoms with Crippen LogP contribution in [0.2, 0.25) is 0 Å². The van der Waals surface area contributed by atoms with Crippen LogP contribution in [0, 0.1) is 11.3 Å². The Morgan fingerprint density at radius 3 is 2.61 bits per heavy atom. The first-order chi connectivity index (χ1) is 8.51. The van der Waals surface area contributed by atoms with E-state index in [-0.39, 0.29) is 0 Å². The predicted octanol–water partition coefficient (Wildman–Crippen LogP) is 3.39. The maximum absolute atomic E-state index is 11.5. The quantitative estimate of drug-likeness (QED) is 0.791. The van der Waals surface area contributed by atoms with Crippen LogP contribution >= 0.6 is 0 Å². The summed E-state index contributed by atoms with van der Waals surface area (Å²) in [7, 11) is 0. The van der Waals surface area contributed by atoms with E-state index in [9.17, 15) is 9.90 Å². The topological polar surface area (TPSA) is 40.5 Å². The Labute approximate surface area is 112 Å². The average molecular weight is 255 g/mol. The van der Waals surface area contributed by atoms with E-state index in [0.717, 1.165) is 31.8 Å². The van der Waals surface area contributed by atoms with Crippen LogP contribution in [0.3, 0.4) is 0 Å². The summed E-state index contributed by atoms with van der Waals surface area (Å²) in [6.45, 7) is 9.09. The molecule has 18 heavy (non-hydrogen) atoms. The molecule has 2 atom stereocenters. The van der Waals surface area contributed by atoms with Gasteiger partial charge < -0.3 is 10.0 Å². The maximum atomic E-state index is 11.5. The van der Waals surface area contributed by atoms with Crippen LogP contribution in [0.15, 0.2) is 0 Å². The van der Waals surface area contributed by atoms with Crippen LogP contribution in [0.25, 0.3) is 0 Å². The lowest BCUT2D eigenvalue weighted by Gasteiger charge is -2.31. The highest BCUT2D eigenvalue weighted by molar-refractivity contribution is 5.74. The first kappa shape index (κ1) is 15.5. The zero-order valence-electron chi connectivity index (χ0n) is 12.2. The molecule has 1 saturated heterocycles. The Balaban J connectivity index is 2.56. The first-order valence-corrected chi connectivity index (χ1v) is 7.47. The number of hydrogen-bond donors (Lipinski definition) is 1. The van der Waals surface area contributed by atoms with Crippen molar-refractivity contribution in [2.75, 3.05) is 19.6 Å². The molecule has 0 amide bonds. The molecule has 1 rings (SSSR count). The predicted molar refractivity (Wildman–Crippen MR) is 74.7 cm³/mol. The lowest BCUT2D eigenvalue weighted by atomic mass is 9.85. The van der Waals surface area contributed by atoms with Gasteiger partial charge in [0.2, 0.25) is 0 Å². The Hall–Kier alpha value is -0.570. The van der Waals surface area contributed by atoms with Crippen molar-refractivity contribution >= 4 is 5.97 Å². The summed E-state index contributed by atoms with van der Waals surface area (Å²) in [6.07, 6.45) is 6.74. The largest absolute Gasteiger partial charge is 0.481 e. The lowest BCUT2D eigenvalue weighted by Crippen LogP contribution is -2.41. The summed E-state index contributed by atoms with van der Waals surface area (Å²) < 4.78 is 0. The normalized spacial score (nSPS) is 25.4. The minimum atomic E-state index is -0.638. The van der Waals surface area contributed by atoms with Crippen LogP contribution in [0.5, 0.6) is 0 Å². The highest BCUT2D eigenvalue weighted by Crippen LogP contribution is 2.28. The Kier molecular flexibility index (Phi) is 6.13. The van der Waals surface area contributed by atoms with Gasteiger partial charge in [0.05, 0.1) is 5.41 Å². The zero-order chi connectivity index (χ0) is 13.6. The van der Waals surface area contributed by atoms with Gasteiger partial charge in [-0.3, -0.25) is 4.79 Å². The van der Waals surface area contributed by atoms with Gasteiger partial charge in [0.1, 0.15) is 0 Å². The van der Waals surface area contributed by atoms with Crippen molar-refractivity contribution in [2.24, 2.45) is 11.3 Å². The smallest absolute Gasteiger partial charge is 0.310 e. The summed E-state index contributed by atoms with van der Waals surface area (Å²) in [4.78, 5) is 13.8. The van der Waals surface area contributed by atoms with Crippen molar-refractivity contribution in [1.82, 2.24) is 4.90 Å². The van der Waals surface area contributed by atoms with Crippen molar-refractivity contribution in [3.63, 3.8) is 0 Å². The lowest BCUT2D eigenvalue weighted by molar-refractivity contribution is -0.149. The molecule has 0 aromatic rings. The van der Waals surface area contributed by atoms with Gasteiger partial charge >= 0.3 is 5.97 Å². The molecule has 106 valence electrons. The third kappa shape index (κ3) is 4.27. The van der Waals surface area contributed by atoms with Gasteiger partial charge in [0.25, 0.3) is 0 Å². The van der Waals surface area contributed by atoms with E-state index < -0.39 is 11.4 Å². The fourth-order valence-electron chi connectivity index (χ4n) is 3.09. The van der Waals surface area contributed by atoms with Crippen LogP contribution in [-0.4, -0.2) is 35.6 Å². The summed E-state index contributed by atoms with van der Waals surface area (Å²) in [5.41, 5.74) is -0.569. The molecular weight excluding hydrogens is 226 g/mol.